The fourth-order valence-corrected chi connectivity index (χ4v) is 3.97. The van der Waals surface area contributed by atoms with E-state index in [2.05, 4.69) is 31.1 Å². The summed E-state index contributed by atoms with van der Waals surface area (Å²) in [5, 5.41) is 25.3. The van der Waals surface area contributed by atoms with Gasteiger partial charge in [0.15, 0.2) is 0 Å². The van der Waals surface area contributed by atoms with Crippen LogP contribution in [0.1, 0.15) is 0 Å². The first-order valence-corrected chi connectivity index (χ1v) is 10.9. The molecule has 0 saturated heterocycles. The zero-order valence-corrected chi connectivity index (χ0v) is 17.0. The number of thioether (sulfide) groups is 2. The molecule has 0 radical (unpaired) electrons. The fraction of sp³-hybridized carbons (Fsp3) is 0.222. The third-order valence-corrected chi connectivity index (χ3v) is 5.57. The lowest BCUT2D eigenvalue weighted by Crippen LogP contribution is -2.04. The summed E-state index contributed by atoms with van der Waals surface area (Å²) in [7, 11) is 0. The first-order valence-electron chi connectivity index (χ1n) is 8.93. The minimum absolute atomic E-state index is 0.608. The second kappa shape index (κ2) is 10.1. The number of para-hydroxylation sites is 2. The van der Waals surface area contributed by atoms with Crippen molar-refractivity contribution in [2.24, 2.45) is 0 Å². The molecule has 0 fully saturated rings. The van der Waals surface area contributed by atoms with Crippen LogP contribution in [-0.4, -0.2) is 65.1 Å². The van der Waals surface area contributed by atoms with Crippen LogP contribution < -0.4 is 0 Å². The van der Waals surface area contributed by atoms with Gasteiger partial charge in [-0.25, -0.2) is 0 Å². The molecule has 2 aromatic carbocycles. The quantitative estimate of drug-likeness (QED) is 0.280. The van der Waals surface area contributed by atoms with Gasteiger partial charge in [0.1, 0.15) is 0 Å². The molecule has 2 heterocycles. The van der Waals surface area contributed by atoms with E-state index in [0.717, 1.165) is 33.2 Å². The average Bonchev–Trinajstić information content (AvgIpc) is 3.44. The van der Waals surface area contributed by atoms with E-state index in [1.165, 1.54) is 0 Å². The van der Waals surface area contributed by atoms with Crippen LogP contribution in [0.5, 0.6) is 0 Å². The van der Waals surface area contributed by atoms with Gasteiger partial charge in [0, 0.05) is 11.5 Å². The molecule has 29 heavy (non-hydrogen) atoms. The SMILES string of the molecule is c1ccc(-n2nnnc2SCCOCCSc2nnnn2-c2ccccc2)cc1. The summed E-state index contributed by atoms with van der Waals surface area (Å²) in [6.45, 7) is 1.22. The molecule has 0 aliphatic heterocycles. The lowest BCUT2D eigenvalue weighted by atomic mass is 10.3. The number of benzene rings is 2. The van der Waals surface area contributed by atoms with Gasteiger partial charge in [0.2, 0.25) is 10.3 Å². The Morgan fingerprint density at radius 3 is 1.55 bits per heavy atom. The van der Waals surface area contributed by atoms with Gasteiger partial charge in [-0.3, -0.25) is 0 Å². The number of hydrogen-bond donors (Lipinski definition) is 0. The summed E-state index contributed by atoms with van der Waals surface area (Å²) in [5.41, 5.74) is 1.88. The molecule has 0 aliphatic rings. The van der Waals surface area contributed by atoms with Crippen molar-refractivity contribution < 1.29 is 4.74 Å². The summed E-state index contributed by atoms with van der Waals surface area (Å²) < 4.78 is 9.18. The third kappa shape index (κ3) is 5.19. The van der Waals surface area contributed by atoms with Crippen molar-refractivity contribution in [2.75, 3.05) is 24.7 Å². The van der Waals surface area contributed by atoms with Crippen LogP contribution in [0.25, 0.3) is 11.4 Å². The van der Waals surface area contributed by atoms with Crippen LogP contribution in [0, 0.1) is 0 Å². The molecule has 0 atom stereocenters. The number of hydrogen-bond acceptors (Lipinski definition) is 9. The molecular weight excluding hydrogens is 408 g/mol. The Hall–Kier alpha value is -2.76. The van der Waals surface area contributed by atoms with Crippen molar-refractivity contribution in [1.29, 1.82) is 0 Å². The van der Waals surface area contributed by atoms with Gasteiger partial charge in [0.25, 0.3) is 0 Å². The molecule has 0 N–H and O–H groups in total. The Kier molecular flexibility index (Phi) is 6.84. The highest BCUT2D eigenvalue weighted by molar-refractivity contribution is 7.99. The predicted molar refractivity (Wildman–Crippen MR) is 111 cm³/mol. The van der Waals surface area contributed by atoms with Crippen molar-refractivity contribution >= 4 is 23.5 Å². The maximum atomic E-state index is 5.72. The number of ether oxygens (including phenoxy) is 1. The number of rotatable bonds is 10. The summed E-state index contributed by atoms with van der Waals surface area (Å²) in [5.74, 6) is 1.53. The molecule has 9 nitrogen and oxygen atoms in total. The van der Waals surface area contributed by atoms with E-state index in [4.69, 9.17) is 4.74 Å². The largest absolute Gasteiger partial charge is 0.380 e. The van der Waals surface area contributed by atoms with E-state index in [-0.39, 0.29) is 0 Å². The van der Waals surface area contributed by atoms with Gasteiger partial charge < -0.3 is 4.74 Å². The maximum absolute atomic E-state index is 5.72. The molecule has 0 unspecified atom stereocenters. The summed E-state index contributed by atoms with van der Waals surface area (Å²) >= 11 is 3.13. The number of aromatic nitrogens is 8. The molecular formula is C18H18N8OS2. The van der Waals surface area contributed by atoms with E-state index in [9.17, 15) is 0 Å². The van der Waals surface area contributed by atoms with E-state index < -0.39 is 0 Å². The predicted octanol–water partition coefficient (Wildman–Crippen LogP) is 2.54. The third-order valence-electron chi connectivity index (χ3n) is 3.80. The summed E-state index contributed by atoms with van der Waals surface area (Å²) in [4.78, 5) is 0. The van der Waals surface area contributed by atoms with Gasteiger partial charge in [-0.1, -0.05) is 59.9 Å². The highest BCUT2D eigenvalue weighted by Gasteiger charge is 2.09. The van der Waals surface area contributed by atoms with Crippen molar-refractivity contribution in [3.63, 3.8) is 0 Å². The molecule has 11 heteroatoms. The van der Waals surface area contributed by atoms with Crippen LogP contribution >= 0.6 is 23.5 Å². The summed E-state index contributed by atoms with van der Waals surface area (Å²) in [6, 6.07) is 19.6. The smallest absolute Gasteiger partial charge is 0.214 e. The van der Waals surface area contributed by atoms with Gasteiger partial charge >= 0.3 is 0 Å². The second-order valence-electron chi connectivity index (χ2n) is 5.73. The molecule has 4 rings (SSSR count). The highest BCUT2D eigenvalue weighted by atomic mass is 32.2. The first-order chi connectivity index (χ1) is 14.4. The molecule has 4 aromatic rings. The fourth-order valence-electron chi connectivity index (χ4n) is 2.49. The number of nitrogens with zero attached hydrogens (tertiary/aromatic N) is 8. The molecule has 2 aromatic heterocycles. The van der Waals surface area contributed by atoms with E-state index in [0.29, 0.717) is 13.2 Å². The molecule has 0 saturated carbocycles. The molecule has 0 aliphatic carbocycles. The van der Waals surface area contributed by atoms with Crippen LogP contribution in [0.15, 0.2) is 71.0 Å². The van der Waals surface area contributed by atoms with Crippen LogP contribution in [0.2, 0.25) is 0 Å². The van der Waals surface area contributed by atoms with E-state index in [1.54, 1.807) is 32.9 Å². The van der Waals surface area contributed by atoms with E-state index >= 15 is 0 Å². The van der Waals surface area contributed by atoms with Crippen molar-refractivity contribution in [2.45, 2.75) is 10.3 Å². The topological polar surface area (TPSA) is 96.4 Å². The lowest BCUT2D eigenvalue weighted by molar-refractivity contribution is 0.167. The van der Waals surface area contributed by atoms with Gasteiger partial charge in [-0.05, 0) is 45.1 Å². The Morgan fingerprint density at radius 1 is 0.655 bits per heavy atom. The zero-order valence-electron chi connectivity index (χ0n) is 15.4. The van der Waals surface area contributed by atoms with Crippen LogP contribution in [0.3, 0.4) is 0 Å². The Bertz CT molecular complexity index is 927. The molecule has 0 spiro atoms. The van der Waals surface area contributed by atoms with Gasteiger partial charge in [0.05, 0.1) is 24.6 Å². The average molecular weight is 427 g/mol. The summed E-state index contributed by atoms with van der Waals surface area (Å²) in [6.07, 6.45) is 0. The lowest BCUT2D eigenvalue weighted by Gasteiger charge is -2.06. The molecule has 148 valence electrons. The normalized spacial score (nSPS) is 11.0. The van der Waals surface area contributed by atoms with Gasteiger partial charge in [-0.15, -0.1) is 10.2 Å². The highest BCUT2D eigenvalue weighted by Crippen LogP contribution is 2.19. The zero-order chi connectivity index (χ0) is 19.7. The Balaban J connectivity index is 1.18. The monoisotopic (exact) mass is 426 g/mol. The van der Waals surface area contributed by atoms with Crippen LogP contribution in [0.4, 0.5) is 0 Å². The van der Waals surface area contributed by atoms with E-state index in [1.807, 2.05) is 60.7 Å². The standard InChI is InChI=1S/C18H18N8OS2/c1-3-7-15(8-4-1)25-17(19-21-23-25)28-13-11-27-12-14-29-18-20-22-24-26(18)16-9-5-2-6-10-16/h1-10H,11-14H2. The van der Waals surface area contributed by atoms with Crippen LogP contribution in [-0.2, 0) is 4.74 Å². The molecule has 0 amide bonds. The minimum Gasteiger partial charge on any atom is -0.380 e. The van der Waals surface area contributed by atoms with Gasteiger partial charge in [-0.2, -0.15) is 9.36 Å². The van der Waals surface area contributed by atoms with Crippen molar-refractivity contribution in [3.05, 3.63) is 60.7 Å². The Labute approximate surface area is 175 Å². The second-order valence-corrected chi connectivity index (χ2v) is 7.85. The van der Waals surface area contributed by atoms with Crippen molar-refractivity contribution in [1.82, 2.24) is 40.4 Å². The first kappa shape index (κ1) is 19.6. The van der Waals surface area contributed by atoms with Crippen molar-refractivity contribution in [3.8, 4) is 11.4 Å². The number of tetrazole rings is 2. The molecule has 0 bridgehead atoms. The Morgan fingerprint density at radius 2 is 1.10 bits per heavy atom. The maximum Gasteiger partial charge on any atom is 0.214 e. The minimum atomic E-state index is 0.608.